The summed E-state index contributed by atoms with van der Waals surface area (Å²) >= 11 is 0. The summed E-state index contributed by atoms with van der Waals surface area (Å²) in [6, 6.07) is 8.77. The van der Waals surface area contributed by atoms with Crippen LogP contribution in [0.1, 0.15) is 33.3 Å². The van der Waals surface area contributed by atoms with Gasteiger partial charge >= 0.3 is 0 Å². The van der Waals surface area contributed by atoms with Crippen LogP contribution in [0.5, 0.6) is 0 Å². The standard InChI is InChI=1S/C16H24N2O/c1-11(2)17(5)15-10-13-8-6-7-9-14(13)18(12(3)4)16(15)19/h6-9,11-12,15H,10H2,1-5H3. The van der Waals surface area contributed by atoms with E-state index in [2.05, 4.69) is 50.8 Å². The molecule has 0 bridgehead atoms. The number of para-hydroxylation sites is 1. The van der Waals surface area contributed by atoms with Gasteiger partial charge in [-0.3, -0.25) is 9.69 Å². The molecule has 1 heterocycles. The monoisotopic (exact) mass is 260 g/mol. The van der Waals surface area contributed by atoms with Crippen LogP contribution in [-0.2, 0) is 11.2 Å². The molecular weight excluding hydrogens is 236 g/mol. The third kappa shape index (κ3) is 2.52. The van der Waals surface area contributed by atoms with E-state index < -0.39 is 0 Å². The Morgan fingerprint density at radius 3 is 2.42 bits per heavy atom. The van der Waals surface area contributed by atoms with Crippen molar-refractivity contribution in [2.75, 3.05) is 11.9 Å². The Bertz CT molecular complexity index is 468. The molecule has 1 aliphatic heterocycles. The molecule has 2 rings (SSSR count). The number of carbonyl (C=O) groups is 1. The predicted octanol–water partition coefficient (Wildman–Crippen LogP) is 2.69. The van der Waals surface area contributed by atoms with Crippen LogP contribution in [0.15, 0.2) is 24.3 Å². The van der Waals surface area contributed by atoms with E-state index in [1.807, 2.05) is 18.0 Å². The summed E-state index contributed by atoms with van der Waals surface area (Å²) in [4.78, 5) is 16.9. The SMILES string of the molecule is CC(C)N1C(=O)C(N(C)C(C)C)Cc2ccccc21. The second-order valence-corrected chi connectivity index (χ2v) is 5.91. The summed E-state index contributed by atoms with van der Waals surface area (Å²) < 4.78 is 0. The lowest BCUT2D eigenvalue weighted by Gasteiger charge is -2.41. The highest BCUT2D eigenvalue weighted by Gasteiger charge is 2.36. The van der Waals surface area contributed by atoms with Crippen LogP contribution in [0.4, 0.5) is 5.69 Å². The Morgan fingerprint density at radius 1 is 1.21 bits per heavy atom. The number of benzene rings is 1. The summed E-state index contributed by atoms with van der Waals surface area (Å²) in [5.74, 6) is 0.227. The van der Waals surface area contributed by atoms with Crippen LogP contribution >= 0.6 is 0 Å². The van der Waals surface area contributed by atoms with Crippen LogP contribution < -0.4 is 4.90 Å². The molecule has 0 N–H and O–H groups in total. The quantitative estimate of drug-likeness (QED) is 0.834. The van der Waals surface area contributed by atoms with Gasteiger partial charge in [0.15, 0.2) is 0 Å². The minimum absolute atomic E-state index is 0.0442. The van der Waals surface area contributed by atoms with Crippen molar-refractivity contribution in [1.82, 2.24) is 4.90 Å². The number of hydrogen-bond acceptors (Lipinski definition) is 2. The van der Waals surface area contributed by atoms with Crippen LogP contribution in [0, 0.1) is 0 Å². The summed E-state index contributed by atoms with van der Waals surface area (Å²) in [6.07, 6.45) is 0.812. The van der Waals surface area contributed by atoms with E-state index in [0.717, 1.165) is 12.1 Å². The molecule has 0 saturated heterocycles. The van der Waals surface area contributed by atoms with Gasteiger partial charge in [-0.15, -0.1) is 0 Å². The molecule has 0 spiro atoms. The Kier molecular flexibility index (Phi) is 3.95. The molecule has 1 aromatic carbocycles. The van der Waals surface area contributed by atoms with Crippen molar-refractivity contribution in [1.29, 1.82) is 0 Å². The van der Waals surface area contributed by atoms with Crippen molar-refractivity contribution in [2.24, 2.45) is 0 Å². The zero-order chi connectivity index (χ0) is 14.2. The lowest BCUT2D eigenvalue weighted by atomic mass is 9.94. The molecule has 1 amide bonds. The van der Waals surface area contributed by atoms with E-state index in [4.69, 9.17) is 0 Å². The summed E-state index contributed by atoms with van der Waals surface area (Å²) in [5.41, 5.74) is 2.35. The van der Waals surface area contributed by atoms with Gasteiger partial charge in [-0.25, -0.2) is 0 Å². The third-order valence-corrected chi connectivity index (χ3v) is 4.01. The Hall–Kier alpha value is -1.35. The Morgan fingerprint density at radius 2 is 1.84 bits per heavy atom. The molecule has 19 heavy (non-hydrogen) atoms. The van der Waals surface area contributed by atoms with E-state index >= 15 is 0 Å². The molecule has 0 aliphatic carbocycles. The predicted molar refractivity (Wildman–Crippen MR) is 79.5 cm³/mol. The maximum absolute atomic E-state index is 12.8. The number of fused-ring (bicyclic) bond motifs is 1. The van der Waals surface area contributed by atoms with E-state index in [1.165, 1.54) is 5.56 Å². The first-order valence-corrected chi connectivity index (χ1v) is 7.06. The molecule has 0 radical (unpaired) electrons. The van der Waals surface area contributed by atoms with Crippen LogP contribution in [0.2, 0.25) is 0 Å². The molecule has 104 valence electrons. The largest absolute Gasteiger partial charge is 0.308 e. The van der Waals surface area contributed by atoms with Gasteiger partial charge in [0, 0.05) is 17.8 Å². The summed E-state index contributed by atoms with van der Waals surface area (Å²) in [6.45, 7) is 8.42. The first-order valence-electron chi connectivity index (χ1n) is 7.06. The molecule has 1 unspecified atom stereocenters. The second kappa shape index (κ2) is 5.33. The number of rotatable bonds is 3. The van der Waals surface area contributed by atoms with Crippen LogP contribution in [-0.4, -0.2) is 36.0 Å². The minimum Gasteiger partial charge on any atom is -0.308 e. The van der Waals surface area contributed by atoms with Gasteiger partial charge in [-0.2, -0.15) is 0 Å². The molecule has 0 fully saturated rings. The van der Waals surface area contributed by atoms with Gasteiger partial charge in [0.05, 0.1) is 6.04 Å². The highest BCUT2D eigenvalue weighted by atomic mass is 16.2. The van der Waals surface area contributed by atoms with Crippen molar-refractivity contribution in [2.45, 2.75) is 52.2 Å². The number of anilines is 1. The maximum atomic E-state index is 12.8. The van der Waals surface area contributed by atoms with E-state index in [1.54, 1.807) is 0 Å². The maximum Gasteiger partial charge on any atom is 0.244 e. The first kappa shape index (κ1) is 14.1. The first-order chi connectivity index (χ1) is 8.93. The van der Waals surface area contributed by atoms with E-state index in [9.17, 15) is 4.79 Å². The van der Waals surface area contributed by atoms with Gasteiger partial charge in [-0.05, 0) is 52.8 Å². The second-order valence-electron chi connectivity index (χ2n) is 5.91. The average molecular weight is 260 g/mol. The third-order valence-electron chi connectivity index (χ3n) is 4.01. The van der Waals surface area contributed by atoms with Gasteiger partial charge in [0.2, 0.25) is 5.91 Å². The topological polar surface area (TPSA) is 23.6 Å². The van der Waals surface area contributed by atoms with E-state index in [-0.39, 0.29) is 18.0 Å². The smallest absolute Gasteiger partial charge is 0.244 e. The zero-order valence-electron chi connectivity index (χ0n) is 12.6. The van der Waals surface area contributed by atoms with Crippen LogP contribution in [0.25, 0.3) is 0 Å². The number of amides is 1. The van der Waals surface area contributed by atoms with Crippen molar-refractivity contribution in [3.8, 4) is 0 Å². The van der Waals surface area contributed by atoms with E-state index in [0.29, 0.717) is 6.04 Å². The van der Waals surface area contributed by atoms with Crippen molar-refractivity contribution in [3.63, 3.8) is 0 Å². The van der Waals surface area contributed by atoms with Gasteiger partial charge in [-0.1, -0.05) is 18.2 Å². The number of likely N-dealkylation sites (N-methyl/N-ethyl adjacent to an activating group) is 1. The number of hydrogen-bond donors (Lipinski definition) is 0. The fourth-order valence-corrected chi connectivity index (χ4v) is 2.70. The molecule has 1 atom stereocenters. The number of carbonyl (C=O) groups excluding carboxylic acids is 1. The van der Waals surface area contributed by atoms with Crippen LogP contribution in [0.3, 0.4) is 0 Å². The molecule has 1 aliphatic rings. The molecule has 3 heteroatoms. The number of nitrogens with zero attached hydrogens (tertiary/aromatic N) is 2. The van der Waals surface area contributed by atoms with Gasteiger partial charge in [0.25, 0.3) is 0 Å². The molecular formula is C16H24N2O. The highest BCUT2D eigenvalue weighted by Crippen LogP contribution is 2.31. The summed E-state index contributed by atoms with van der Waals surface area (Å²) in [5, 5.41) is 0. The molecule has 0 saturated carbocycles. The summed E-state index contributed by atoms with van der Waals surface area (Å²) in [7, 11) is 2.04. The lowest BCUT2D eigenvalue weighted by Crippen LogP contribution is -2.55. The molecule has 0 aromatic heterocycles. The fourth-order valence-electron chi connectivity index (χ4n) is 2.70. The Balaban J connectivity index is 2.42. The van der Waals surface area contributed by atoms with Gasteiger partial charge in [0.1, 0.15) is 0 Å². The van der Waals surface area contributed by atoms with Crippen molar-refractivity contribution >= 4 is 11.6 Å². The van der Waals surface area contributed by atoms with Crippen molar-refractivity contribution in [3.05, 3.63) is 29.8 Å². The highest BCUT2D eigenvalue weighted by molar-refractivity contribution is 6.00. The van der Waals surface area contributed by atoms with Gasteiger partial charge < -0.3 is 4.90 Å². The minimum atomic E-state index is -0.0442. The van der Waals surface area contributed by atoms with Crippen molar-refractivity contribution < 1.29 is 4.79 Å². The lowest BCUT2D eigenvalue weighted by molar-refractivity contribution is -0.124. The molecule has 3 nitrogen and oxygen atoms in total. The normalized spacial score (nSPS) is 19.5. The average Bonchev–Trinajstić information content (AvgIpc) is 2.36. The zero-order valence-corrected chi connectivity index (χ0v) is 12.6. The Labute approximate surface area is 116 Å². The molecule has 1 aromatic rings. The fraction of sp³-hybridized carbons (Fsp3) is 0.562.